The van der Waals surface area contributed by atoms with E-state index in [1.54, 1.807) is 26.8 Å². The van der Waals surface area contributed by atoms with E-state index in [1.165, 1.54) is 4.90 Å². The molecule has 0 radical (unpaired) electrons. The van der Waals surface area contributed by atoms with Gasteiger partial charge in [0.2, 0.25) is 17.7 Å². The summed E-state index contributed by atoms with van der Waals surface area (Å²) in [5.41, 5.74) is 6.99. The van der Waals surface area contributed by atoms with Gasteiger partial charge in [0, 0.05) is 12.6 Å². The zero-order chi connectivity index (χ0) is 27.6. The number of carbonyl (C=O) groups is 4. The van der Waals surface area contributed by atoms with Gasteiger partial charge in [-0.1, -0.05) is 31.5 Å². The Balaban J connectivity index is 3.49. The van der Waals surface area contributed by atoms with Crippen LogP contribution in [0.4, 0.5) is 4.79 Å². The maximum Gasteiger partial charge on any atom is 0.408 e. The van der Waals surface area contributed by atoms with E-state index in [1.807, 2.05) is 39.8 Å². The summed E-state index contributed by atoms with van der Waals surface area (Å²) >= 11 is 0. The number of ether oxygens (including phenoxy) is 1. The van der Waals surface area contributed by atoms with Crippen LogP contribution < -0.4 is 16.4 Å². The number of hydrogen-bond acceptors (Lipinski definition) is 6. The number of hydrogen-bond donors (Lipinski definition) is 4. The number of aliphatic hydroxyl groups is 1. The van der Waals surface area contributed by atoms with Crippen molar-refractivity contribution in [2.75, 3.05) is 13.2 Å². The van der Waals surface area contributed by atoms with Gasteiger partial charge in [-0.3, -0.25) is 14.4 Å². The van der Waals surface area contributed by atoms with E-state index < -0.39 is 54.5 Å². The highest BCUT2D eigenvalue weighted by Crippen LogP contribution is 2.25. The monoisotopic (exact) mass is 506 g/mol. The normalized spacial score (nSPS) is 13.8. The van der Waals surface area contributed by atoms with Gasteiger partial charge in [-0.2, -0.15) is 0 Å². The highest BCUT2D eigenvalue weighted by atomic mass is 16.6. The number of aliphatic hydroxyl groups excluding tert-OH is 1. The Morgan fingerprint density at radius 1 is 1.11 bits per heavy atom. The van der Waals surface area contributed by atoms with Crippen molar-refractivity contribution in [3.8, 4) is 0 Å². The van der Waals surface area contributed by atoms with E-state index >= 15 is 0 Å². The van der Waals surface area contributed by atoms with Gasteiger partial charge in [0.05, 0.1) is 13.0 Å². The third-order valence-electron chi connectivity index (χ3n) is 5.54. The summed E-state index contributed by atoms with van der Waals surface area (Å²) in [6, 6.07) is 2.76. The van der Waals surface area contributed by atoms with Crippen molar-refractivity contribution in [2.45, 2.75) is 91.5 Å². The summed E-state index contributed by atoms with van der Waals surface area (Å²) in [7, 11) is 0. The number of nitrogens with zero attached hydrogens (tertiary/aromatic N) is 1. The molecule has 0 aromatic heterocycles. The van der Waals surface area contributed by atoms with E-state index in [9.17, 15) is 24.3 Å². The second kappa shape index (κ2) is 13.8. The molecule has 10 heteroatoms. The van der Waals surface area contributed by atoms with Gasteiger partial charge in [0.15, 0.2) is 0 Å². The number of carbonyl (C=O) groups excluding carboxylic acids is 4. The first-order valence-electron chi connectivity index (χ1n) is 12.3. The van der Waals surface area contributed by atoms with E-state index in [4.69, 9.17) is 10.5 Å². The first-order valence-corrected chi connectivity index (χ1v) is 12.3. The van der Waals surface area contributed by atoms with Gasteiger partial charge in [-0.25, -0.2) is 4.79 Å². The molecule has 0 saturated heterocycles. The first-order chi connectivity index (χ1) is 16.7. The first kappa shape index (κ1) is 30.9. The molecule has 1 aromatic carbocycles. The van der Waals surface area contributed by atoms with Gasteiger partial charge in [-0.05, 0) is 64.7 Å². The average molecular weight is 507 g/mol. The minimum absolute atomic E-state index is 0.149. The van der Waals surface area contributed by atoms with Crippen molar-refractivity contribution in [3.05, 3.63) is 34.9 Å². The van der Waals surface area contributed by atoms with Gasteiger partial charge in [0.1, 0.15) is 17.7 Å². The molecule has 0 heterocycles. The Hall–Kier alpha value is -3.14. The Kier molecular flexibility index (Phi) is 11.9. The number of nitrogens with one attached hydrogen (secondary N) is 2. The Labute approximate surface area is 213 Å². The Morgan fingerprint density at radius 2 is 1.75 bits per heavy atom. The summed E-state index contributed by atoms with van der Waals surface area (Å²) in [6.07, 6.45) is 0.183. The van der Waals surface area contributed by atoms with Crippen LogP contribution in [0, 0.1) is 13.8 Å². The minimum atomic E-state index is -1.39. The van der Waals surface area contributed by atoms with Crippen LogP contribution in [0.25, 0.3) is 0 Å². The number of primary amides is 1. The van der Waals surface area contributed by atoms with Gasteiger partial charge in [0.25, 0.3) is 0 Å². The Morgan fingerprint density at radius 3 is 2.25 bits per heavy atom. The molecule has 3 unspecified atom stereocenters. The molecule has 1 rings (SSSR count). The lowest BCUT2D eigenvalue weighted by Gasteiger charge is -2.34. The summed E-state index contributed by atoms with van der Waals surface area (Å²) in [5, 5.41) is 15.1. The molecule has 0 bridgehead atoms. The predicted octanol–water partition coefficient (Wildman–Crippen LogP) is 2.24. The molecule has 0 aliphatic rings. The van der Waals surface area contributed by atoms with Crippen LogP contribution in [0.1, 0.15) is 76.6 Å². The number of aryl methyl sites for hydroxylation is 2. The van der Waals surface area contributed by atoms with Crippen LogP contribution in [0.5, 0.6) is 0 Å². The SMILES string of the molecule is CCCC(C)NC(=O)C(c1ccc(C)c(C)c1)N(CCO)C(=O)C(CC(N)=O)NC(=O)OC(C)(C)C. The average Bonchev–Trinajstić information content (AvgIpc) is 2.73. The highest BCUT2D eigenvalue weighted by molar-refractivity contribution is 5.94. The minimum Gasteiger partial charge on any atom is -0.444 e. The molecular weight excluding hydrogens is 464 g/mol. The van der Waals surface area contributed by atoms with Gasteiger partial charge in [-0.15, -0.1) is 0 Å². The molecule has 0 fully saturated rings. The zero-order valence-electron chi connectivity index (χ0n) is 22.5. The largest absolute Gasteiger partial charge is 0.444 e. The molecule has 5 N–H and O–H groups in total. The second-order valence-electron chi connectivity index (χ2n) is 10.1. The van der Waals surface area contributed by atoms with Crippen LogP contribution in [-0.4, -0.2) is 64.7 Å². The number of alkyl carbamates (subject to hydrolysis) is 1. The molecule has 3 atom stereocenters. The smallest absolute Gasteiger partial charge is 0.408 e. The van der Waals surface area contributed by atoms with Crippen molar-refractivity contribution in [1.29, 1.82) is 0 Å². The molecule has 202 valence electrons. The summed E-state index contributed by atoms with van der Waals surface area (Å²) in [4.78, 5) is 52.6. The van der Waals surface area contributed by atoms with Crippen LogP contribution in [-0.2, 0) is 19.1 Å². The van der Waals surface area contributed by atoms with E-state index in [-0.39, 0.29) is 12.6 Å². The van der Waals surface area contributed by atoms with Crippen molar-refractivity contribution >= 4 is 23.8 Å². The molecule has 1 aromatic rings. The summed E-state index contributed by atoms with van der Waals surface area (Å²) in [6.45, 7) is 12.0. The number of nitrogens with two attached hydrogens (primary N) is 1. The molecule has 10 nitrogen and oxygen atoms in total. The quantitative estimate of drug-likeness (QED) is 0.341. The fourth-order valence-corrected chi connectivity index (χ4v) is 3.76. The van der Waals surface area contributed by atoms with Crippen molar-refractivity contribution < 1.29 is 29.0 Å². The lowest BCUT2D eigenvalue weighted by molar-refractivity contribution is -0.144. The second-order valence-corrected chi connectivity index (χ2v) is 10.1. The molecule has 0 aliphatic heterocycles. The van der Waals surface area contributed by atoms with E-state index in [0.717, 1.165) is 24.0 Å². The molecule has 36 heavy (non-hydrogen) atoms. The van der Waals surface area contributed by atoms with Crippen LogP contribution in [0.15, 0.2) is 18.2 Å². The maximum absolute atomic E-state index is 13.7. The standard InChI is InChI=1S/C26H42N4O6/c1-8-9-18(4)28-23(33)22(19-11-10-16(2)17(3)14-19)30(12-13-31)24(34)20(15-21(27)32)29-25(35)36-26(5,6)7/h10-11,14,18,20,22,31H,8-9,12-13,15H2,1-7H3,(H2,27,32)(H,28,33)(H,29,35). The molecule has 4 amide bonds. The topological polar surface area (TPSA) is 151 Å². The molecule has 0 saturated carbocycles. The van der Waals surface area contributed by atoms with Crippen molar-refractivity contribution in [3.63, 3.8) is 0 Å². The molecular formula is C26H42N4O6. The third-order valence-corrected chi connectivity index (χ3v) is 5.54. The fraction of sp³-hybridized carbons (Fsp3) is 0.615. The van der Waals surface area contributed by atoms with Crippen LogP contribution in [0.3, 0.4) is 0 Å². The van der Waals surface area contributed by atoms with E-state index in [0.29, 0.717) is 5.56 Å². The summed E-state index contributed by atoms with van der Waals surface area (Å²) in [5.74, 6) is -2.00. The zero-order valence-corrected chi connectivity index (χ0v) is 22.5. The summed E-state index contributed by atoms with van der Waals surface area (Å²) < 4.78 is 5.24. The van der Waals surface area contributed by atoms with E-state index in [2.05, 4.69) is 10.6 Å². The Bertz CT molecular complexity index is 927. The van der Waals surface area contributed by atoms with Crippen LogP contribution >= 0.6 is 0 Å². The maximum atomic E-state index is 13.7. The third kappa shape index (κ3) is 9.85. The van der Waals surface area contributed by atoms with Gasteiger partial charge >= 0.3 is 6.09 Å². The van der Waals surface area contributed by atoms with Gasteiger partial charge < -0.3 is 31.1 Å². The lowest BCUT2D eigenvalue weighted by atomic mass is 9.97. The molecule has 0 spiro atoms. The number of amides is 4. The lowest BCUT2D eigenvalue weighted by Crippen LogP contribution is -2.55. The van der Waals surface area contributed by atoms with Crippen LogP contribution in [0.2, 0.25) is 0 Å². The number of benzene rings is 1. The van der Waals surface area contributed by atoms with Crippen molar-refractivity contribution in [2.24, 2.45) is 5.73 Å². The highest BCUT2D eigenvalue weighted by Gasteiger charge is 2.37. The van der Waals surface area contributed by atoms with Crippen molar-refractivity contribution in [1.82, 2.24) is 15.5 Å². The fourth-order valence-electron chi connectivity index (χ4n) is 3.76. The molecule has 0 aliphatic carbocycles. The number of rotatable bonds is 12. The predicted molar refractivity (Wildman–Crippen MR) is 137 cm³/mol.